The van der Waals surface area contributed by atoms with Gasteiger partial charge >= 0.3 is 0 Å². The summed E-state index contributed by atoms with van der Waals surface area (Å²) in [6, 6.07) is 0.471. The molecular weight excluding hydrogens is 172 g/mol. The van der Waals surface area contributed by atoms with Crippen LogP contribution in [-0.4, -0.2) is 9.78 Å². The maximum atomic E-state index is 5.78. The fraction of sp³-hybridized carbons (Fsp3) is 0.667. The first kappa shape index (κ1) is 8.11. The van der Waals surface area contributed by atoms with Crippen LogP contribution in [0.25, 0.3) is 0 Å². The molecule has 0 saturated carbocycles. The van der Waals surface area contributed by atoms with Gasteiger partial charge in [-0.2, -0.15) is 5.10 Å². The highest BCUT2D eigenvalue weighted by atomic mass is 35.5. The average Bonchev–Trinajstić information content (AvgIpc) is 2.53. The quantitative estimate of drug-likeness (QED) is 0.613. The number of hydrogen-bond donors (Lipinski definition) is 0. The number of aryl methyl sites for hydroxylation is 1. The van der Waals surface area contributed by atoms with Crippen molar-refractivity contribution in [3.05, 3.63) is 17.5 Å². The number of fused-ring (bicyclic) bond motifs is 1. The van der Waals surface area contributed by atoms with Gasteiger partial charge in [-0.05, 0) is 18.4 Å². The highest BCUT2D eigenvalue weighted by Gasteiger charge is 2.33. The Morgan fingerprint density at radius 3 is 3.08 bits per heavy atom. The molecule has 1 aromatic heterocycles. The van der Waals surface area contributed by atoms with Crippen LogP contribution in [0, 0.1) is 0 Å². The maximum Gasteiger partial charge on any atom is 0.115 e. The zero-order valence-corrected chi connectivity index (χ0v) is 8.23. The smallest absolute Gasteiger partial charge is 0.115 e. The zero-order chi connectivity index (χ0) is 8.77. The first-order chi connectivity index (χ1) is 5.65. The molecule has 0 unspecified atom stereocenters. The summed E-state index contributed by atoms with van der Waals surface area (Å²) >= 11 is 5.78. The van der Waals surface area contributed by atoms with Crippen molar-refractivity contribution in [2.75, 3.05) is 0 Å². The minimum Gasteiger partial charge on any atom is -0.254 e. The third-order valence-corrected chi connectivity index (χ3v) is 2.92. The van der Waals surface area contributed by atoms with E-state index in [-0.39, 0.29) is 5.41 Å². The van der Waals surface area contributed by atoms with E-state index in [1.165, 1.54) is 17.7 Å². The Hall–Kier alpha value is -0.500. The molecule has 0 bridgehead atoms. The van der Waals surface area contributed by atoms with E-state index in [1.54, 1.807) is 0 Å². The highest BCUT2D eigenvalue weighted by Crippen LogP contribution is 2.37. The highest BCUT2D eigenvalue weighted by molar-refractivity contribution is 6.15. The monoisotopic (exact) mass is 184 g/mol. The van der Waals surface area contributed by atoms with Crippen molar-refractivity contribution in [2.24, 2.45) is 0 Å². The lowest BCUT2D eigenvalue weighted by molar-refractivity contribution is 0.473. The summed E-state index contributed by atoms with van der Waals surface area (Å²) in [6.07, 6.45) is 4.32. The van der Waals surface area contributed by atoms with E-state index >= 15 is 0 Å². The Labute approximate surface area is 77.5 Å². The first-order valence-corrected chi connectivity index (χ1v) is 4.80. The van der Waals surface area contributed by atoms with Crippen LogP contribution >= 0.6 is 11.6 Å². The molecule has 1 aliphatic carbocycles. The summed E-state index contributed by atoms with van der Waals surface area (Å²) in [7, 11) is 0. The van der Waals surface area contributed by atoms with E-state index in [2.05, 4.69) is 18.9 Å². The zero-order valence-electron chi connectivity index (χ0n) is 7.47. The summed E-state index contributed by atoms with van der Waals surface area (Å²) in [5, 5.41) is 4.24. The van der Waals surface area contributed by atoms with Gasteiger partial charge in [-0.1, -0.05) is 13.8 Å². The lowest BCUT2D eigenvalue weighted by Crippen LogP contribution is -2.18. The van der Waals surface area contributed by atoms with Gasteiger partial charge in [-0.25, -0.2) is 0 Å². The number of alkyl halides is 1. The van der Waals surface area contributed by atoms with E-state index in [4.69, 9.17) is 11.6 Å². The average molecular weight is 185 g/mol. The fourth-order valence-electron chi connectivity index (χ4n) is 2.05. The Morgan fingerprint density at radius 2 is 2.42 bits per heavy atom. The van der Waals surface area contributed by atoms with Crippen molar-refractivity contribution in [3.8, 4) is 0 Å². The van der Waals surface area contributed by atoms with Crippen molar-refractivity contribution >= 4 is 11.6 Å². The van der Waals surface area contributed by atoms with E-state index in [0.717, 1.165) is 6.42 Å². The molecule has 0 fully saturated rings. The molecule has 2 rings (SSSR count). The van der Waals surface area contributed by atoms with Crippen LogP contribution in [0.2, 0.25) is 0 Å². The number of rotatable bonds is 1. The van der Waals surface area contributed by atoms with E-state index in [0.29, 0.717) is 6.00 Å². The molecule has 66 valence electrons. The van der Waals surface area contributed by atoms with Gasteiger partial charge in [0.2, 0.25) is 0 Å². The third kappa shape index (κ3) is 0.977. The molecule has 0 aromatic carbocycles. The predicted molar refractivity (Wildman–Crippen MR) is 49.4 cm³/mol. The first-order valence-electron chi connectivity index (χ1n) is 4.26. The van der Waals surface area contributed by atoms with Crippen LogP contribution < -0.4 is 0 Å². The molecule has 1 aliphatic rings. The van der Waals surface area contributed by atoms with Crippen molar-refractivity contribution in [3.63, 3.8) is 0 Å². The molecule has 0 spiro atoms. The SMILES string of the molecule is CC1(C)CCc2cnn(CCl)c21. The van der Waals surface area contributed by atoms with Crippen LogP contribution in [0.5, 0.6) is 0 Å². The van der Waals surface area contributed by atoms with E-state index in [1.807, 2.05) is 10.9 Å². The second kappa shape index (κ2) is 2.49. The van der Waals surface area contributed by atoms with Crippen LogP contribution in [-0.2, 0) is 17.8 Å². The Bertz CT molecular complexity index is 301. The molecule has 0 amide bonds. The summed E-state index contributed by atoms with van der Waals surface area (Å²) in [4.78, 5) is 0. The second-order valence-electron chi connectivity index (χ2n) is 4.02. The van der Waals surface area contributed by atoms with Crippen LogP contribution in [0.4, 0.5) is 0 Å². The fourth-order valence-corrected chi connectivity index (χ4v) is 2.23. The third-order valence-electron chi connectivity index (χ3n) is 2.69. The predicted octanol–water partition coefficient (Wildman–Crippen LogP) is 2.30. The van der Waals surface area contributed by atoms with Crippen molar-refractivity contribution in [1.82, 2.24) is 9.78 Å². The molecule has 1 heterocycles. The largest absolute Gasteiger partial charge is 0.254 e. The molecular formula is C9H13ClN2. The molecule has 0 saturated heterocycles. The Balaban J connectivity index is 2.53. The minimum absolute atomic E-state index is 0.265. The molecule has 0 atom stereocenters. The van der Waals surface area contributed by atoms with Crippen molar-refractivity contribution < 1.29 is 0 Å². The van der Waals surface area contributed by atoms with Gasteiger partial charge in [0.25, 0.3) is 0 Å². The van der Waals surface area contributed by atoms with Crippen LogP contribution in [0.3, 0.4) is 0 Å². The number of halogens is 1. The van der Waals surface area contributed by atoms with Gasteiger partial charge in [-0.15, -0.1) is 11.6 Å². The standard InChI is InChI=1S/C9H13ClN2/c1-9(2)4-3-7-5-11-12(6-10)8(7)9/h5H,3-4,6H2,1-2H3. The van der Waals surface area contributed by atoms with Gasteiger partial charge in [0.15, 0.2) is 0 Å². The number of nitrogens with zero attached hydrogens (tertiary/aromatic N) is 2. The lowest BCUT2D eigenvalue weighted by atomic mass is 9.91. The molecule has 0 aliphatic heterocycles. The Morgan fingerprint density at radius 1 is 1.67 bits per heavy atom. The molecule has 1 aromatic rings. The maximum absolute atomic E-state index is 5.78. The van der Waals surface area contributed by atoms with Gasteiger partial charge in [0.05, 0.1) is 6.20 Å². The van der Waals surface area contributed by atoms with Gasteiger partial charge in [-0.3, -0.25) is 4.68 Å². The molecule has 2 nitrogen and oxygen atoms in total. The van der Waals surface area contributed by atoms with E-state index < -0.39 is 0 Å². The molecule has 3 heteroatoms. The van der Waals surface area contributed by atoms with Crippen LogP contribution in [0.15, 0.2) is 6.20 Å². The topological polar surface area (TPSA) is 17.8 Å². The van der Waals surface area contributed by atoms with Gasteiger partial charge < -0.3 is 0 Å². The minimum atomic E-state index is 0.265. The van der Waals surface area contributed by atoms with Gasteiger partial charge in [0, 0.05) is 11.1 Å². The number of hydrogen-bond acceptors (Lipinski definition) is 1. The lowest BCUT2D eigenvalue weighted by Gasteiger charge is -2.19. The summed E-state index contributed by atoms with van der Waals surface area (Å²) in [6.45, 7) is 4.51. The van der Waals surface area contributed by atoms with Gasteiger partial charge in [0.1, 0.15) is 6.00 Å². The Kier molecular flexibility index (Phi) is 1.69. The molecule has 0 radical (unpaired) electrons. The van der Waals surface area contributed by atoms with Crippen LogP contribution in [0.1, 0.15) is 31.5 Å². The summed E-state index contributed by atoms with van der Waals surface area (Å²) in [5.74, 6) is 0. The van der Waals surface area contributed by atoms with Crippen molar-refractivity contribution in [1.29, 1.82) is 0 Å². The number of aromatic nitrogens is 2. The normalized spacial score (nSPS) is 19.6. The molecule has 12 heavy (non-hydrogen) atoms. The second-order valence-corrected chi connectivity index (χ2v) is 4.26. The molecule has 0 N–H and O–H groups in total. The summed E-state index contributed by atoms with van der Waals surface area (Å²) in [5.41, 5.74) is 2.97. The van der Waals surface area contributed by atoms with Crippen molar-refractivity contribution in [2.45, 2.75) is 38.1 Å². The van der Waals surface area contributed by atoms with E-state index in [9.17, 15) is 0 Å². The summed E-state index contributed by atoms with van der Waals surface area (Å²) < 4.78 is 1.91.